The van der Waals surface area contributed by atoms with E-state index in [9.17, 15) is 9.59 Å². The van der Waals surface area contributed by atoms with E-state index in [1.165, 1.54) is 6.42 Å². The fourth-order valence-electron chi connectivity index (χ4n) is 2.63. The second-order valence-electron chi connectivity index (χ2n) is 5.35. The summed E-state index contributed by atoms with van der Waals surface area (Å²) in [5.74, 6) is 0.205. The zero-order chi connectivity index (χ0) is 14.5. The van der Waals surface area contributed by atoms with E-state index in [1.54, 1.807) is 6.92 Å². The van der Waals surface area contributed by atoms with Crippen LogP contribution in [0.25, 0.3) is 0 Å². The summed E-state index contributed by atoms with van der Waals surface area (Å²) in [5, 5.41) is 2.03. The molecule has 0 saturated heterocycles. The van der Waals surface area contributed by atoms with Crippen LogP contribution < -0.4 is 16.8 Å². The summed E-state index contributed by atoms with van der Waals surface area (Å²) < 4.78 is 5.84. The van der Waals surface area contributed by atoms with E-state index in [0.717, 1.165) is 31.6 Å². The number of hydrogen-bond acceptors (Lipinski definition) is 4. The van der Waals surface area contributed by atoms with Gasteiger partial charge in [0.05, 0.1) is 5.60 Å². The third-order valence-electron chi connectivity index (χ3n) is 4.01. The van der Waals surface area contributed by atoms with Crippen LogP contribution in [0.15, 0.2) is 0 Å². The number of carbonyl (C=O) groups excluding carboxylic acids is 2. The maximum absolute atomic E-state index is 11.6. The Morgan fingerprint density at radius 3 is 2.42 bits per heavy atom. The normalized spacial score (nSPS) is 28.7. The summed E-state index contributed by atoms with van der Waals surface area (Å²) in [6.45, 7) is 4.18. The maximum Gasteiger partial charge on any atom is 0.318 e. The minimum atomic E-state index is -0.864. The highest BCUT2D eigenvalue weighted by molar-refractivity contribution is 5.95. The van der Waals surface area contributed by atoms with Gasteiger partial charge in [0.25, 0.3) is 5.91 Å². The summed E-state index contributed by atoms with van der Waals surface area (Å²) in [4.78, 5) is 22.3. The Morgan fingerprint density at radius 1 is 1.42 bits per heavy atom. The molecule has 0 aromatic heterocycles. The van der Waals surface area contributed by atoms with Crippen molar-refractivity contribution in [3.05, 3.63) is 0 Å². The number of carbonyl (C=O) groups is 2. The highest BCUT2D eigenvalue weighted by Gasteiger charge is 2.37. The molecule has 5 N–H and O–H groups in total. The molecule has 0 spiro atoms. The molecule has 1 saturated carbocycles. The van der Waals surface area contributed by atoms with E-state index in [2.05, 4.69) is 6.92 Å². The van der Waals surface area contributed by atoms with Crippen LogP contribution in [0.5, 0.6) is 0 Å². The minimum absolute atomic E-state index is 0.387. The number of ether oxygens (including phenoxy) is 1. The minimum Gasteiger partial charge on any atom is -0.361 e. The Labute approximate surface area is 114 Å². The number of nitrogens with two attached hydrogens (primary N) is 2. The van der Waals surface area contributed by atoms with E-state index in [1.807, 2.05) is 5.32 Å². The Bertz CT molecular complexity index is 325. The van der Waals surface area contributed by atoms with E-state index in [-0.39, 0.29) is 0 Å². The van der Waals surface area contributed by atoms with Gasteiger partial charge in [-0.05, 0) is 38.5 Å². The van der Waals surface area contributed by atoms with Gasteiger partial charge in [-0.15, -0.1) is 0 Å². The number of urea groups is 1. The first kappa shape index (κ1) is 15.9. The van der Waals surface area contributed by atoms with Crippen LogP contribution in [0.4, 0.5) is 4.79 Å². The van der Waals surface area contributed by atoms with E-state index in [0.29, 0.717) is 6.54 Å². The van der Waals surface area contributed by atoms with Gasteiger partial charge in [-0.25, -0.2) is 4.79 Å². The topological polar surface area (TPSA) is 107 Å². The van der Waals surface area contributed by atoms with Crippen molar-refractivity contribution in [3.63, 3.8) is 0 Å². The van der Waals surface area contributed by atoms with Crippen LogP contribution in [-0.4, -0.2) is 30.2 Å². The van der Waals surface area contributed by atoms with Crippen LogP contribution >= 0.6 is 0 Å². The van der Waals surface area contributed by atoms with Gasteiger partial charge in [0.1, 0.15) is 6.10 Å². The zero-order valence-corrected chi connectivity index (χ0v) is 11.8. The third kappa shape index (κ3) is 4.47. The molecule has 1 rings (SSSR count). The predicted octanol–water partition coefficient (Wildman–Crippen LogP) is 0.884. The standard InChI is InChI=1S/C13H25N3O3/c1-3-10-4-6-13(8-14,7-5-10)19-9(2)11(17)16-12(15)18/h9-10H,3-8,14H2,1-2H3,(H3,15,16,17,18). The number of primary amides is 1. The second-order valence-corrected chi connectivity index (χ2v) is 5.35. The molecular formula is C13H25N3O3. The lowest BCUT2D eigenvalue weighted by Gasteiger charge is -2.40. The van der Waals surface area contributed by atoms with Crippen molar-refractivity contribution in [2.24, 2.45) is 17.4 Å². The monoisotopic (exact) mass is 271 g/mol. The maximum atomic E-state index is 11.6. The molecule has 1 aliphatic rings. The molecule has 0 aromatic carbocycles. The molecular weight excluding hydrogens is 246 g/mol. The van der Waals surface area contributed by atoms with Crippen molar-refractivity contribution in [1.29, 1.82) is 0 Å². The molecule has 1 unspecified atom stereocenters. The molecule has 3 amide bonds. The Hall–Kier alpha value is -1.14. The Balaban J connectivity index is 2.56. The van der Waals surface area contributed by atoms with Crippen molar-refractivity contribution in [3.8, 4) is 0 Å². The summed E-state index contributed by atoms with van der Waals surface area (Å²) in [6.07, 6.45) is 4.29. The van der Waals surface area contributed by atoms with Gasteiger partial charge >= 0.3 is 6.03 Å². The van der Waals surface area contributed by atoms with Gasteiger partial charge in [0.15, 0.2) is 0 Å². The summed E-state index contributed by atoms with van der Waals surface area (Å²) in [7, 11) is 0. The van der Waals surface area contributed by atoms with Crippen molar-refractivity contribution in [1.82, 2.24) is 5.32 Å². The molecule has 1 fully saturated rings. The number of rotatable bonds is 5. The first-order chi connectivity index (χ1) is 8.92. The van der Waals surface area contributed by atoms with Crippen LogP contribution in [0, 0.1) is 5.92 Å². The SMILES string of the molecule is CCC1CCC(CN)(OC(C)C(=O)NC(N)=O)CC1. The lowest BCUT2D eigenvalue weighted by Crippen LogP contribution is -2.50. The summed E-state index contributed by atoms with van der Waals surface area (Å²) in [5.41, 5.74) is 10.3. The molecule has 0 aliphatic heterocycles. The molecule has 6 nitrogen and oxygen atoms in total. The van der Waals surface area contributed by atoms with Gasteiger partial charge < -0.3 is 16.2 Å². The zero-order valence-electron chi connectivity index (χ0n) is 11.8. The quantitative estimate of drug-likeness (QED) is 0.690. The average Bonchev–Trinajstić information content (AvgIpc) is 2.38. The van der Waals surface area contributed by atoms with Crippen molar-refractivity contribution >= 4 is 11.9 Å². The second kappa shape index (κ2) is 6.86. The third-order valence-corrected chi connectivity index (χ3v) is 4.01. The van der Waals surface area contributed by atoms with E-state index < -0.39 is 23.6 Å². The van der Waals surface area contributed by atoms with Crippen molar-refractivity contribution < 1.29 is 14.3 Å². The van der Waals surface area contributed by atoms with Gasteiger partial charge in [-0.3, -0.25) is 10.1 Å². The van der Waals surface area contributed by atoms with Crippen LogP contribution in [0.3, 0.4) is 0 Å². The Morgan fingerprint density at radius 2 is 2.00 bits per heavy atom. The Kier molecular flexibility index (Phi) is 5.75. The molecule has 1 aliphatic carbocycles. The molecule has 1 atom stereocenters. The van der Waals surface area contributed by atoms with Crippen LogP contribution in [0.1, 0.15) is 46.0 Å². The molecule has 0 heterocycles. The van der Waals surface area contributed by atoms with Gasteiger partial charge in [0.2, 0.25) is 0 Å². The number of nitrogens with one attached hydrogen (secondary N) is 1. The van der Waals surface area contributed by atoms with Crippen LogP contribution in [0.2, 0.25) is 0 Å². The molecule has 19 heavy (non-hydrogen) atoms. The molecule has 0 aromatic rings. The van der Waals surface area contributed by atoms with Crippen molar-refractivity contribution in [2.75, 3.05) is 6.54 Å². The lowest BCUT2D eigenvalue weighted by atomic mass is 9.77. The average molecular weight is 271 g/mol. The van der Waals surface area contributed by atoms with E-state index >= 15 is 0 Å². The van der Waals surface area contributed by atoms with E-state index in [4.69, 9.17) is 16.2 Å². The van der Waals surface area contributed by atoms with Crippen LogP contribution in [-0.2, 0) is 9.53 Å². The summed E-state index contributed by atoms with van der Waals surface area (Å²) >= 11 is 0. The van der Waals surface area contributed by atoms with Gasteiger partial charge in [-0.2, -0.15) is 0 Å². The predicted molar refractivity (Wildman–Crippen MR) is 72.3 cm³/mol. The number of imide groups is 1. The first-order valence-corrected chi connectivity index (χ1v) is 6.90. The molecule has 0 bridgehead atoms. The fourth-order valence-corrected chi connectivity index (χ4v) is 2.63. The highest BCUT2D eigenvalue weighted by atomic mass is 16.5. The fraction of sp³-hybridized carbons (Fsp3) is 0.846. The largest absolute Gasteiger partial charge is 0.361 e. The van der Waals surface area contributed by atoms with Gasteiger partial charge in [0, 0.05) is 6.54 Å². The first-order valence-electron chi connectivity index (χ1n) is 6.90. The van der Waals surface area contributed by atoms with Crippen molar-refractivity contribution in [2.45, 2.75) is 57.7 Å². The summed E-state index contributed by atoms with van der Waals surface area (Å²) in [6, 6.07) is -0.864. The molecule has 6 heteroatoms. The van der Waals surface area contributed by atoms with Gasteiger partial charge in [-0.1, -0.05) is 13.3 Å². The molecule has 110 valence electrons. The number of hydrogen-bond donors (Lipinski definition) is 3. The smallest absolute Gasteiger partial charge is 0.318 e. The lowest BCUT2D eigenvalue weighted by molar-refractivity contribution is -0.149. The molecule has 0 radical (unpaired) electrons. The number of amides is 3. The highest BCUT2D eigenvalue weighted by Crippen LogP contribution is 2.36.